The molecular weight excluding hydrogens is 296 g/mol. The Bertz CT molecular complexity index is 580. The van der Waals surface area contributed by atoms with Crippen molar-refractivity contribution >= 4 is 11.6 Å². The van der Waals surface area contributed by atoms with Gasteiger partial charge in [-0.15, -0.1) is 0 Å². The lowest BCUT2D eigenvalue weighted by Gasteiger charge is -2.17. The van der Waals surface area contributed by atoms with E-state index in [0.29, 0.717) is 16.7 Å². The van der Waals surface area contributed by atoms with Crippen molar-refractivity contribution in [2.24, 2.45) is 5.92 Å². The van der Waals surface area contributed by atoms with Crippen LogP contribution in [0.3, 0.4) is 0 Å². The SMILES string of the molecule is OC(CC1CCCCCC1)c1ccc(-c2ccc(Cl)cc2)o1. The lowest BCUT2D eigenvalue weighted by molar-refractivity contribution is 0.116. The zero-order valence-electron chi connectivity index (χ0n) is 12.8. The minimum Gasteiger partial charge on any atom is -0.458 e. The van der Waals surface area contributed by atoms with Crippen molar-refractivity contribution in [3.05, 3.63) is 47.2 Å². The summed E-state index contributed by atoms with van der Waals surface area (Å²) >= 11 is 5.91. The largest absolute Gasteiger partial charge is 0.458 e. The van der Waals surface area contributed by atoms with E-state index >= 15 is 0 Å². The zero-order valence-corrected chi connectivity index (χ0v) is 13.6. The summed E-state index contributed by atoms with van der Waals surface area (Å²) in [6.07, 6.45) is 8.07. The third kappa shape index (κ3) is 3.93. The maximum Gasteiger partial charge on any atom is 0.134 e. The van der Waals surface area contributed by atoms with E-state index in [9.17, 15) is 5.11 Å². The van der Waals surface area contributed by atoms with Crippen LogP contribution in [-0.4, -0.2) is 5.11 Å². The van der Waals surface area contributed by atoms with E-state index < -0.39 is 6.10 Å². The molecule has 1 saturated carbocycles. The van der Waals surface area contributed by atoms with E-state index in [0.717, 1.165) is 17.7 Å². The van der Waals surface area contributed by atoms with Gasteiger partial charge >= 0.3 is 0 Å². The summed E-state index contributed by atoms with van der Waals surface area (Å²) in [5.74, 6) is 2.09. The fourth-order valence-corrected chi connectivity index (χ4v) is 3.46. The van der Waals surface area contributed by atoms with Crippen LogP contribution in [0.5, 0.6) is 0 Å². The molecule has 2 aromatic rings. The normalized spacial score (nSPS) is 18.1. The Hall–Kier alpha value is -1.25. The van der Waals surface area contributed by atoms with E-state index in [1.165, 1.54) is 38.5 Å². The molecule has 1 N–H and O–H groups in total. The highest BCUT2D eigenvalue weighted by Gasteiger charge is 2.20. The molecule has 1 aliphatic carbocycles. The van der Waals surface area contributed by atoms with E-state index in [1.54, 1.807) is 0 Å². The monoisotopic (exact) mass is 318 g/mol. The first-order chi connectivity index (χ1) is 10.7. The van der Waals surface area contributed by atoms with Crippen molar-refractivity contribution in [1.82, 2.24) is 0 Å². The van der Waals surface area contributed by atoms with E-state index in [-0.39, 0.29) is 0 Å². The number of furan rings is 1. The highest BCUT2D eigenvalue weighted by Crippen LogP contribution is 2.33. The summed E-state index contributed by atoms with van der Waals surface area (Å²) in [4.78, 5) is 0. The van der Waals surface area contributed by atoms with Gasteiger partial charge in [-0.1, -0.05) is 50.1 Å². The van der Waals surface area contributed by atoms with Gasteiger partial charge < -0.3 is 9.52 Å². The van der Waals surface area contributed by atoms with Crippen LogP contribution in [0.4, 0.5) is 0 Å². The molecule has 0 amide bonds. The third-order valence-corrected chi connectivity index (χ3v) is 4.87. The smallest absolute Gasteiger partial charge is 0.134 e. The number of rotatable bonds is 4. The van der Waals surface area contributed by atoms with Crippen LogP contribution < -0.4 is 0 Å². The molecule has 1 fully saturated rings. The molecule has 22 heavy (non-hydrogen) atoms. The molecule has 3 heteroatoms. The molecule has 2 nitrogen and oxygen atoms in total. The topological polar surface area (TPSA) is 33.4 Å². The van der Waals surface area contributed by atoms with Gasteiger partial charge in [0.15, 0.2) is 0 Å². The average Bonchev–Trinajstić information content (AvgIpc) is 2.88. The Morgan fingerprint density at radius 2 is 1.68 bits per heavy atom. The van der Waals surface area contributed by atoms with E-state index in [4.69, 9.17) is 16.0 Å². The van der Waals surface area contributed by atoms with Crippen LogP contribution in [0, 0.1) is 5.92 Å². The Kier molecular flexibility index (Phi) is 5.22. The summed E-state index contributed by atoms with van der Waals surface area (Å²) in [5, 5.41) is 11.2. The molecule has 1 aromatic heterocycles. The van der Waals surface area contributed by atoms with Crippen LogP contribution in [0.2, 0.25) is 5.02 Å². The van der Waals surface area contributed by atoms with Gasteiger partial charge in [0.05, 0.1) is 0 Å². The second-order valence-corrected chi connectivity index (χ2v) is 6.75. The van der Waals surface area contributed by atoms with E-state index in [1.807, 2.05) is 36.4 Å². The van der Waals surface area contributed by atoms with Gasteiger partial charge in [0, 0.05) is 10.6 Å². The first-order valence-corrected chi connectivity index (χ1v) is 8.64. The minimum atomic E-state index is -0.496. The number of halogens is 1. The van der Waals surface area contributed by atoms with Crippen LogP contribution in [0.1, 0.15) is 56.8 Å². The lowest BCUT2D eigenvalue weighted by atomic mass is 9.93. The predicted molar refractivity (Wildman–Crippen MR) is 89.9 cm³/mol. The second kappa shape index (κ2) is 7.34. The molecule has 0 radical (unpaired) electrons. The van der Waals surface area contributed by atoms with Crippen LogP contribution in [-0.2, 0) is 0 Å². The number of hydrogen-bond donors (Lipinski definition) is 1. The van der Waals surface area contributed by atoms with Crippen molar-refractivity contribution in [2.45, 2.75) is 51.0 Å². The molecule has 0 spiro atoms. The van der Waals surface area contributed by atoms with Gasteiger partial charge in [0.25, 0.3) is 0 Å². The zero-order chi connectivity index (χ0) is 15.4. The fraction of sp³-hybridized carbons (Fsp3) is 0.474. The lowest BCUT2D eigenvalue weighted by Crippen LogP contribution is -2.06. The Labute approximate surface area is 137 Å². The molecule has 118 valence electrons. The minimum absolute atomic E-state index is 0.496. The maximum absolute atomic E-state index is 10.5. The quantitative estimate of drug-likeness (QED) is 0.702. The third-order valence-electron chi connectivity index (χ3n) is 4.62. The summed E-state index contributed by atoms with van der Waals surface area (Å²) in [5.41, 5.74) is 0.984. The highest BCUT2D eigenvalue weighted by molar-refractivity contribution is 6.30. The number of hydrogen-bond acceptors (Lipinski definition) is 2. The molecule has 1 aromatic carbocycles. The predicted octanol–water partition coefficient (Wildman–Crippen LogP) is 5.99. The molecule has 1 unspecified atom stereocenters. The Morgan fingerprint density at radius 3 is 2.36 bits per heavy atom. The van der Waals surface area contributed by atoms with Crippen molar-refractivity contribution in [2.75, 3.05) is 0 Å². The molecule has 1 heterocycles. The van der Waals surface area contributed by atoms with Crippen LogP contribution >= 0.6 is 11.6 Å². The first-order valence-electron chi connectivity index (χ1n) is 8.26. The molecular formula is C19H23ClO2. The van der Waals surface area contributed by atoms with E-state index in [2.05, 4.69) is 0 Å². The van der Waals surface area contributed by atoms with Crippen molar-refractivity contribution in [3.63, 3.8) is 0 Å². The number of benzene rings is 1. The first kappa shape index (κ1) is 15.6. The van der Waals surface area contributed by atoms with Crippen LogP contribution in [0.15, 0.2) is 40.8 Å². The summed E-state index contributed by atoms with van der Waals surface area (Å²) < 4.78 is 5.85. The summed E-state index contributed by atoms with van der Waals surface area (Å²) in [6.45, 7) is 0. The Morgan fingerprint density at radius 1 is 1.00 bits per heavy atom. The molecule has 3 rings (SSSR count). The standard InChI is InChI=1S/C19H23ClO2/c20-16-9-7-15(8-10-16)18-11-12-19(22-18)17(21)13-14-5-3-1-2-4-6-14/h7-12,14,17,21H,1-6,13H2. The molecule has 1 aliphatic rings. The summed E-state index contributed by atoms with van der Waals surface area (Å²) in [7, 11) is 0. The van der Waals surface area contributed by atoms with Gasteiger partial charge in [0.2, 0.25) is 0 Å². The maximum atomic E-state index is 10.5. The van der Waals surface area contributed by atoms with Crippen molar-refractivity contribution in [3.8, 4) is 11.3 Å². The summed E-state index contributed by atoms with van der Waals surface area (Å²) in [6, 6.07) is 11.4. The highest BCUT2D eigenvalue weighted by atomic mass is 35.5. The van der Waals surface area contributed by atoms with Crippen molar-refractivity contribution < 1.29 is 9.52 Å². The molecule has 1 atom stereocenters. The number of aliphatic hydroxyl groups is 1. The molecule has 0 bridgehead atoms. The fourth-order valence-electron chi connectivity index (χ4n) is 3.33. The number of aliphatic hydroxyl groups excluding tert-OH is 1. The Balaban J connectivity index is 1.65. The van der Waals surface area contributed by atoms with Gasteiger partial charge in [0.1, 0.15) is 17.6 Å². The van der Waals surface area contributed by atoms with Gasteiger partial charge in [-0.3, -0.25) is 0 Å². The van der Waals surface area contributed by atoms with Gasteiger partial charge in [-0.25, -0.2) is 0 Å². The van der Waals surface area contributed by atoms with Gasteiger partial charge in [-0.2, -0.15) is 0 Å². The second-order valence-electron chi connectivity index (χ2n) is 6.32. The van der Waals surface area contributed by atoms with Crippen LogP contribution in [0.25, 0.3) is 11.3 Å². The molecule has 0 aliphatic heterocycles. The molecule has 0 saturated heterocycles. The average molecular weight is 319 g/mol. The van der Waals surface area contributed by atoms with Gasteiger partial charge in [-0.05, 0) is 48.7 Å². The van der Waals surface area contributed by atoms with Crippen molar-refractivity contribution in [1.29, 1.82) is 0 Å².